The van der Waals surface area contributed by atoms with Crippen molar-refractivity contribution in [2.45, 2.75) is 51.7 Å². The number of carbonyl (C=O) groups is 2. The first-order valence-electron chi connectivity index (χ1n) is 10.3. The number of allylic oxidation sites excluding steroid dienone is 2. The first-order valence-corrected chi connectivity index (χ1v) is 10.3. The summed E-state index contributed by atoms with van der Waals surface area (Å²) in [6, 6.07) is 6.82. The number of nitrogens with zero attached hydrogens (tertiary/aromatic N) is 1. The van der Waals surface area contributed by atoms with E-state index in [1.165, 1.54) is 12.7 Å². The largest absolute Gasteiger partial charge is 0.488 e. The van der Waals surface area contributed by atoms with Crippen LogP contribution in [-0.4, -0.2) is 54.3 Å². The molecule has 4 atom stereocenters. The standard InChI is InChI=1S/C23H31NO5/c1-15(2)6-4-9-22(26)24-13-17-11-20(25)21(12-18(17)14-24)29-19-8-5-7-16(10-19)23(27)28-3/h5-8,10,17-18,20-21,25H,4,9,11-14H2,1-3H3/t17-,18+,20+,21+/m0/s1. The van der Waals surface area contributed by atoms with Gasteiger partial charge in [-0.1, -0.05) is 17.7 Å². The van der Waals surface area contributed by atoms with E-state index in [2.05, 4.69) is 6.08 Å². The van der Waals surface area contributed by atoms with Gasteiger partial charge in [0.25, 0.3) is 0 Å². The maximum Gasteiger partial charge on any atom is 0.337 e. The molecule has 1 amide bonds. The molecule has 1 saturated heterocycles. The molecular formula is C23H31NO5. The van der Waals surface area contributed by atoms with Crippen molar-refractivity contribution in [1.82, 2.24) is 4.90 Å². The molecule has 2 fully saturated rings. The van der Waals surface area contributed by atoms with Gasteiger partial charge in [0.15, 0.2) is 0 Å². The number of aliphatic hydroxyl groups is 1. The van der Waals surface area contributed by atoms with Crippen molar-refractivity contribution >= 4 is 11.9 Å². The van der Waals surface area contributed by atoms with Crippen molar-refractivity contribution in [3.63, 3.8) is 0 Å². The van der Waals surface area contributed by atoms with Gasteiger partial charge >= 0.3 is 5.97 Å². The number of hydrogen-bond acceptors (Lipinski definition) is 5. The molecule has 1 heterocycles. The Labute approximate surface area is 172 Å². The summed E-state index contributed by atoms with van der Waals surface area (Å²) in [7, 11) is 1.34. The van der Waals surface area contributed by atoms with E-state index < -0.39 is 12.1 Å². The third-order valence-corrected chi connectivity index (χ3v) is 5.89. The summed E-state index contributed by atoms with van der Waals surface area (Å²) in [5.74, 6) is 0.966. The molecule has 0 radical (unpaired) electrons. The molecule has 6 nitrogen and oxygen atoms in total. The van der Waals surface area contributed by atoms with Crippen LogP contribution in [0.5, 0.6) is 5.75 Å². The average molecular weight is 402 g/mol. The van der Waals surface area contributed by atoms with Gasteiger partial charge in [-0.05, 0) is 63.1 Å². The summed E-state index contributed by atoms with van der Waals surface area (Å²) in [6.45, 7) is 5.53. The molecule has 0 bridgehead atoms. The molecule has 1 aliphatic heterocycles. The number of benzene rings is 1. The quantitative estimate of drug-likeness (QED) is 0.585. The number of methoxy groups -OCH3 is 1. The number of amides is 1. The van der Waals surface area contributed by atoms with E-state index in [9.17, 15) is 14.7 Å². The zero-order chi connectivity index (χ0) is 21.0. The average Bonchev–Trinajstić information content (AvgIpc) is 3.10. The maximum atomic E-state index is 12.5. The molecule has 29 heavy (non-hydrogen) atoms. The molecule has 1 aromatic rings. The van der Waals surface area contributed by atoms with Gasteiger partial charge in [0.2, 0.25) is 5.91 Å². The predicted molar refractivity (Wildman–Crippen MR) is 110 cm³/mol. The van der Waals surface area contributed by atoms with Gasteiger partial charge in [0.1, 0.15) is 11.9 Å². The molecule has 3 rings (SSSR count). The van der Waals surface area contributed by atoms with E-state index in [-0.39, 0.29) is 12.0 Å². The van der Waals surface area contributed by atoms with E-state index in [0.717, 1.165) is 19.5 Å². The zero-order valence-electron chi connectivity index (χ0n) is 17.5. The topological polar surface area (TPSA) is 76.1 Å². The Balaban J connectivity index is 1.58. The van der Waals surface area contributed by atoms with Crippen LogP contribution in [0.25, 0.3) is 0 Å². The van der Waals surface area contributed by atoms with E-state index in [4.69, 9.17) is 9.47 Å². The van der Waals surface area contributed by atoms with Crippen LogP contribution < -0.4 is 4.74 Å². The summed E-state index contributed by atoms with van der Waals surface area (Å²) in [5.41, 5.74) is 1.65. The minimum atomic E-state index is -0.584. The Morgan fingerprint density at radius 1 is 1.21 bits per heavy atom. The molecule has 0 unspecified atom stereocenters. The van der Waals surface area contributed by atoms with Gasteiger partial charge in [-0.25, -0.2) is 4.79 Å². The second-order valence-electron chi connectivity index (χ2n) is 8.35. The second kappa shape index (κ2) is 9.44. The van der Waals surface area contributed by atoms with Crippen LogP contribution in [0.15, 0.2) is 35.9 Å². The lowest BCUT2D eigenvalue weighted by molar-refractivity contribution is -0.130. The number of carbonyl (C=O) groups excluding carboxylic acids is 2. The fourth-order valence-electron chi connectivity index (χ4n) is 4.35. The fraction of sp³-hybridized carbons (Fsp3) is 0.565. The van der Waals surface area contributed by atoms with E-state index in [1.54, 1.807) is 24.3 Å². The number of likely N-dealkylation sites (tertiary alicyclic amines) is 1. The van der Waals surface area contributed by atoms with Crippen LogP contribution in [0.1, 0.15) is 49.9 Å². The lowest BCUT2D eigenvalue weighted by atomic mass is 9.78. The highest BCUT2D eigenvalue weighted by molar-refractivity contribution is 5.89. The number of hydrogen-bond donors (Lipinski definition) is 1. The summed E-state index contributed by atoms with van der Waals surface area (Å²) in [4.78, 5) is 26.2. The third kappa shape index (κ3) is 5.38. The summed E-state index contributed by atoms with van der Waals surface area (Å²) >= 11 is 0. The van der Waals surface area contributed by atoms with E-state index in [1.807, 2.05) is 18.7 Å². The van der Waals surface area contributed by atoms with Crippen LogP contribution in [0.2, 0.25) is 0 Å². The van der Waals surface area contributed by atoms with E-state index in [0.29, 0.717) is 42.4 Å². The fourth-order valence-corrected chi connectivity index (χ4v) is 4.35. The highest BCUT2D eigenvalue weighted by Gasteiger charge is 2.43. The van der Waals surface area contributed by atoms with Crippen molar-refractivity contribution in [2.24, 2.45) is 11.8 Å². The minimum Gasteiger partial charge on any atom is -0.488 e. The number of aliphatic hydroxyl groups excluding tert-OH is 1. The molecule has 0 aromatic heterocycles. The Kier molecular flexibility index (Phi) is 6.96. The molecule has 1 aromatic carbocycles. The van der Waals surface area contributed by atoms with Crippen LogP contribution in [0, 0.1) is 11.8 Å². The van der Waals surface area contributed by atoms with Gasteiger partial charge in [-0.3, -0.25) is 4.79 Å². The SMILES string of the molecule is COC(=O)c1cccc(O[C@@H]2C[C@@H]3CN(C(=O)CCC=C(C)C)C[C@@H]3C[C@H]2O)c1. The maximum absolute atomic E-state index is 12.5. The molecule has 2 aliphatic rings. The normalized spacial score (nSPS) is 25.9. The lowest BCUT2D eigenvalue weighted by Gasteiger charge is -2.35. The van der Waals surface area contributed by atoms with Crippen molar-refractivity contribution < 1.29 is 24.2 Å². The molecule has 0 spiro atoms. The van der Waals surface area contributed by atoms with E-state index >= 15 is 0 Å². The first kappa shape index (κ1) is 21.4. The summed E-state index contributed by atoms with van der Waals surface area (Å²) < 4.78 is 10.8. The predicted octanol–water partition coefficient (Wildman–Crippen LogP) is 3.20. The van der Waals surface area contributed by atoms with Crippen LogP contribution in [0.4, 0.5) is 0 Å². The van der Waals surface area contributed by atoms with Gasteiger partial charge in [0.05, 0.1) is 18.8 Å². The van der Waals surface area contributed by atoms with Crippen LogP contribution >= 0.6 is 0 Å². The van der Waals surface area contributed by atoms with Crippen LogP contribution in [0.3, 0.4) is 0 Å². The van der Waals surface area contributed by atoms with Crippen molar-refractivity contribution in [3.05, 3.63) is 41.5 Å². The number of rotatable bonds is 6. The Morgan fingerprint density at radius 3 is 2.62 bits per heavy atom. The van der Waals surface area contributed by atoms with Crippen LogP contribution in [-0.2, 0) is 9.53 Å². The number of fused-ring (bicyclic) bond motifs is 1. The molecule has 1 aliphatic carbocycles. The highest BCUT2D eigenvalue weighted by Crippen LogP contribution is 2.38. The number of esters is 1. The lowest BCUT2D eigenvalue weighted by Crippen LogP contribution is -2.42. The Morgan fingerprint density at radius 2 is 1.93 bits per heavy atom. The Bertz CT molecular complexity index is 770. The van der Waals surface area contributed by atoms with Gasteiger partial charge in [-0.2, -0.15) is 0 Å². The van der Waals surface area contributed by atoms with Gasteiger partial charge < -0.3 is 19.5 Å². The first-order chi connectivity index (χ1) is 13.9. The second-order valence-corrected chi connectivity index (χ2v) is 8.35. The van der Waals surface area contributed by atoms with Gasteiger partial charge in [0, 0.05) is 19.5 Å². The summed E-state index contributed by atoms with van der Waals surface area (Å²) in [6.07, 6.45) is 3.81. The van der Waals surface area contributed by atoms with Crippen molar-refractivity contribution in [3.8, 4) is 5.75 Å². The molecule has 1 saturated carbocycles. The minimum absolute atomic E-state index is 0.189. The molecule has 1 N–H and O–H groups in total. The van der Waals surface area contributed by atoms with Gasteiger partial charge in [-0.15, -0.1) is 0 Å². The molecule has 158 valence electrons. The number of ether oxygens (including phenoxy) is 2. The summed E-state index contributed by atoms with van der Waals surface area (Å²) in [5, 5.41) is 10.6. The van der Waals surface area contributed by atoms with Crippen molar-refractivity contribution in [1.29, 1.82) is 0 Å². The Hall–Kier alpha value is -2.34. The highest BCUT2D eigenvalue weighted by atomic mass is 16.5. The zero-order valence-corrected chi connectivity index (χ0v) is 17.5. The monoisotopic (exact) mass is 401 g/mol. The molecule has 6 heteroatoms. The third-order valence-electron chi connectivity index (χ3n) is 5.89. The molecular weight excluding hydrogens is 370 g/mol. The smallest absolute Gasteiger partial charge is 0.337 e. The van der Waals surface area contributed by atoms with Crippen molar-refractivity contribution in [2.75, 3.05) is 20.2 Å².